The zero-order valence-corrected chi connectivity index (χ0v) is 13.8. The molecule has 10 nitrogen and oxygen atoms in total. The lowest BCUT2D eigenvalue weighted by molar-refractivity contribution is -0.197. The maximum Gasteiger partial charge on any atom is 0.334 e. The van der Waals surface area contributed by atoms with Gasteiger partial charge < -0.3 is 10.2 Å². The molecule has 4 unspecified atom stereocenters. The van der Waals surface area contributed by atoms with Crippen molar-refractivity contribution in [3.8, 4) is 0 Å². The van der Waals surface area contributed by atoms with Crippen LogP contribution in [0.25, 0.3) is 0 Å². The third-order valence-corrected chi connectivity index (χ3v) is 6.79. The van der Waals surface area contributed by atoms with Gasteiger partial charge in [0.15, 0.2) is 5.25 Å². The zero-order chi connectivity index (χ0) is 17.6. The van der Waals surface area contributed by atoms with E-state index in [4.69, 9.17) is 9.39 Å². The first kappa shape index (κ1) is 17.2. The molecule has 0 saturated carbocycles. The zero-order valence-electron chi connectivity index (χ0n) is 12.2. The maximum absolute atomic E-state index is 12.0. The molecule has 132 valence electrons. The Kier molecular flexibility index (Phi) is 4.30. The normalized spacial score (nSPS) is 32.9. The largest absolute Gasteiger partial charge is 0.352 e. The van der Waals surface area contributed by atoms with Gasteiger partial charge in [-0.2, -0.15) is 20.2 Å². The van der Waals surface area contributed by atoms with E-state index < -0.39 is 39.6 Å². The second-order valence-electron chi connectivity index (χ2n) is 5.83. The fourth-order valence-corrected chi connectivity index (χ4v) is 5.31. The molecule has 0 radical (unpaired) electrons. The summed E-state index contributed by atoms with van der Waals surface area (Å²) in [5, 5.41) is 0.686. The van der Waals surface area contributed by atoms with Crippen molar-refractivity contribution in [3.63, 3.8) is 0 Å². The summed E-state index contributed by atoms with van der Waals surface area (Å²) in [4.78, 5) is 51.4. The minimum atomic E-state index is -4.75. The molecule has 3 heterocycles. The fraction of sp³-hybridized carbons (Fsp3) is 0.667. The molecule has 3 saturated heterocycles. The predicted molar refractivity (Wildman–Crippen MR) is 78.8 cm³/mol. The molecule has 2 N–H and O–H groups in total. The minimum absolute atomic E-state index is 0.0791. The van der Waals surface area contributed by atoms with Crippen LogP contribution >= 0.6 is 11.8 Å². The first-order chi connectivity index (χ1) is 11.2. The fourth-order valence-electron chi connectivity index (χ4n) is 3.04. The number of imide groups is 1. The summed E-state index contributed by atoms with van der Waals surface area (Å²) >= 11 is 1.49. The molecule has 0 bridgehead atoms. The summed E-state index contributed by atoms with van der Waals surface area (Å²) in [5.74, 6) is -2.41. The van der Waals surface area contributed by atoms with E-state index in [2.05, 4.69) is 5.32 Å². The van der Waals surface area contributed by atoms with Crippen LogP contribution in [0.5, 0.6) is 0 Å². The number of carbonyl (C=O) groups is 4. The summed E-state index contributed by atoms with van der Waals surface area (Å²) in [6, 6.07) is -0.161. The summed E-state index contributed by atoms with van der Waals surface area (Å²) in [6.45, 7) is 0. The standard InChI is InChI=1S/C12H14N2O8S2/c15-8-1-5-4-23-6(11(5)13-8)2-10(17)22-14-9(16)3-7(12(14)18)24(19,20)21/h5-7,11H,1-4H2,(H,13,15)(H,19,20,21). The number of hydroxylamine groups is 2. The average Bonchev–Trinajstić information content (AvgIpc) is 3.08. The number of nitrogens with zero attached hydrogens (tertiary/aromatic N) is 1. The van der Waals surface area contributed by atoms with Crippen molar-refractivity contribution in [2.24, 2.45) is 5.92 Å². The molecule has 0 aromatic carbocycles. The number of thioether (sulfide) groups is 1. The Bertz CT molecular complexity index is 721. The van der Waals surface area contributed by atoms with E-state index >= 15 is 0 Å². The Morgan fingerprint density at radius 3 is 2.67 bits per heavy atom. The number of fused-ring (bicyclic) bond motifs is 1. The summed E-state index contributed by atoms with van der Waals surface area (Å²) in [5.41, 5.74) is 0. The molecule has 0 aliphatic carbocycles. The van der Waals surface area contributed by atoms with Crippen LogP contribution in [0.4, 0.5) is 0 Å². The molecule has 3 aliphatic heterocycles. The molecular weight excluding hydrogens is 364 g/mol. The average molecular weight is 378 g/mol. The molecule has 0 aromatic rings. The third-order valence-electron chi connectivity index (χ3n) is 4.19. The summed E-state index contributed by atoms with van der Waals surface area (Å²) in [6.07, 6.45) is -0.508. The quantitative estimate of drug-likeness (QED) is 0.439. The molecule has 0 aromatic heterocycles. The number of hydrogen-bond donors (Lipinski definition) is 2. The Hall–Kier alpha value is -1.66. The van der Waals surface area contributed by atoms with Gasteiger partial charge in [0.2, 0.25) is 5.91 Å². The van der Waals surface area contributed by atoms with Gasteiger partial charge in [-0.05, 0) is 11.7 Å². The number of nitrogens with one attached hydrogen (secondary N) is 1. The van der Waals surface area contributed by atoms with E-state index in [1.54, 1.807) is 0 Å². The SMILES string of the molecule is O=C1CC2CSC(CC(=O)ON3C(=O)CC(S(=O)(=O)O)C3=O)C2N1. The Labute approximate surface area is 141 Å². The first-order valence-corrected chi connectivity index (χ1v) is 9.67. The van der Waals surface area contributed by atoms with Crippen LogP contribution in [0.1, 0.15) is 19.3 Å². The van der Waals surface area contributed by atoms with E-state index in [1.807, 2.05) is 0 Å². The lowest BCUT2D eigenvalue weighted by Gasteiger charge is -2.18. The monoisotopic (exact) mass is 378 g/mol. The van der Waals surface area contributed by atoms with E-state index in [-0.39, 0.29) is 34.6 Å². The highest BCUT2D eigenvalue weighted by atomic mass is 32.2. The van der Waals surface area contributed by atoms with E-state index in [0.717, 1.165) is 0 Å². The molecule has 0 spiro atoms. The second kappa shape index (κ2) is 6.01. The van der Waals surface area contributed by atoms with Crippen molar-refractivity contribution >= 4 is 45.6 Å². The van der Waals surface area contributed by atoms with Gasteiger partial charge in [0.25, 0.3) is 21.9 Å². The van der Waals surface area contributed by atoms with Crippen LogP contribution in [0.3, 0.4) is 0 Å². The first-order valence-electron chi connectivity index (χ1n) is 7.11. The Morgan fingerprint density at radius 1 is 1.33 bits per heavy atom. The van der Waals surface area contributed by atoms with E-state index in [9.17, 15) is 27.6 Å². The number of rotatable bonds is 4. The highest BCUT2D eigenvalue weighted by Gasteiger charge is 2.49. The van der Waals surface area contributed by atoms with Gasteiger partial charge in [0.05, 0.1) is 12.8 Å². The lowest BCUT2D eigenvalue weighted by Crippen LogP contribution is -2.39. The van der Waals surface area contributed by atoms with E-state index in [0.29, 0.717) is 12.2 Å². The lowest BCUT2D eigenvalue weighted by atomic mass is 9.99. The van der Waals surface area contributed by atoms with Gasteiger partial charge in [-0.25, -0.2) is 4.79 Å². The molecule has 3 fully saturated rings. The van der Waals surface area contributed by atoms with Crippen LogP contribution in [0.2, 0.25) is 0 Å². The number of hydrogen-bond acceptors (Lipinski definition) is 8. The molecule has 3 amide bonds. The van der Waals surface area contributed by atoms with Crippen LogP contribution in [0, 0.1) is 5.92 Å². The maximum atomic E-state index is 12.0. The van der Waals surface area contributed by atoms with E-state index in [1.165, 1.54) is 11.8 Å². The van der Waals surface area contributed by atoms with Gasteiger partial charge in [0.1, 0.15) is 0 Å². The second-order valence-corrected chi connectivity index (χ2v) is 8.70. The highest BCUT2D eigenvalue weighted by molar-refractivity contribution is 8.00. The van der Waals surface area contributed by atoms with Crippen molar-refractivity contribution in [3.05, 3.63) is 0 Å². The smallest absolute Gasteiger partial charge is 0.334 e. The minimum Gasteiger partial charge on any atom is -0.352 e. The van der Waals surface area contributed by atoms with Crippen molar-refractivity contribution in [2.45, 2.75) is 35.8 Å². The highest BCUT2D eigenvalue weighted by Crippen LogP contribution is 2.39. The molecule has 24 heavy (non-hydrogen) atoms. The van der Waals surface area contributed by atoms with Gasteiger partial charge in [-0.3, -0.25) is 18.9 Å². The van der Waals surface area contributed by atoms with Crippen molar-refractivity contribution in [1.82, 2.24) is 10.4 Å². The predicted octanol–water partition coefficient (Wildman–Crippen LogP) is -1.53. The van der Waals surface area contributed by atoms with Gasteiger partial charge in [-0.15, -0.1) is 5.06 Å². The Morgan fingerprint density at radius 2 is 2.04 bits per heavy atom. The number of carbonyl (C=O) groups excluding carboxylic acids is 4. The molecule has 3 aliphatic rings. The van der Waals surface area contributed by atoms with Crippen molar-refractivity contribution in [1.29, 1.82) is 0 Å². The van der Waals surface area contributed by atoms with Crippen LogP contribution in [-0.2, 0) is 34.1 Å². The molecule has 4 atom stereocenters. The van der Waals surface area contributed by atoms with Gasteiger partial charge in [-0.1, -0.05) is 0 Å². The molecule has 3 rings (SSSR count). The topological polar surface area (TPSA) is 147 Å². The Balaban J connectivity index is 1.60. The molecule has 12 heteroatoms. The van der Waals surface area contributed by atoms with Crippen molar-refractivity contribution < 1.29 is 37.0 Å². The van der Waals surface area contributed by atoms with Crippen molar-refractivity contribution in [2.75, 3.05) is 5.75 Å². The molecular formula is C12H14N2O8S2. The van der Waals surface area contributed by atoms with Crippen LogP contribution in [0.15, 0.2) is 0 Å². The summed E-state index contributed by atoms with van der Waals surface area (Å²) < 4.78 is 31.0. The van der Waals surface area contributed by atoms with Gasteiger partial charge in [0, 0.05) is 17.7 Å². The van der Waals surface area contributed by atoms with Crippen LogP contribution in [-0.4, -0.2) is 64.0 Å². The summed E-state index contributed by atoms with van der Waals surface area (Å²) in [7, 11) is -4.75. The number of amides is 3. The third kappa shape index (κ3) is 3.13. The van der Waals surface area contributed by atoms with Crippen LogP contribution < -0.4 is 5.32 Å². The van der Waals surface area contributed by atoms with Gasteiger partial charge >= 0.3 is 5.97 Å².